The quantitative estimate of drug-likeness (QED) is 0.708. The molecule has 2 heterocycles. The minimum absolute atomic E-state index is 0.0233. The van der Waals surface area contributed by atoms with E-state index in [1.54, 1.807) is 13.0 Å². The van der Waals surface area contributed by atoms with Crippen molar-refractivity contribution < 1.29 is 21.6 Å². The molecule has 10 heteroatoms. The Morgan fingerprint density at radius 2 is 1.92 bits per heavy atom. The first kappa shape index (κ1) is 17.3. The Bertz CT molecular complexity index is 1060. The molecule has 0 bridgehead atoms. The predicted octanol–water partition coefficient (Wildman–Crippen LogP) is 2.80. The number of rotatable bonds is 3. The standard InChI is InChI=1S/C15H13F3N4O2S/c1-3-11-12-13(21-14(20-11)15(16,17)18)22(8-19-12)9-5-4-6-10(7-9)25(2,23)24/h4-8H,3H2,1-2H3. The SMILES string of the molecule is CCc1nc(C(F)(F)F)nc2c1ncn2-c1cccc(S(C)(=O)=O)c1. The van der Waals surface area contributed by atoms with Crippen LogP contribution in [0.2, 0.25) is 0 Å². The molecule has 2 aromatic heterocycles. The lowest BCUT2D eigenvalue weighted by atomic mass is 10.2. The van der Waals surface area contributed by atoms with E-state index in [1.165, 1.54) is 29.1 Å². The minimum atomic E-state index is -4.69. The van der Waals surface area contributed by atoms with Crippen LogP contribution in [0.3, 0.4) is 0 Å². The van der Waals surface area contributed by atoms with Crippen molar-refractivity contribution in [2.24, 2.45) is 0 Å². The fourth-order valence-corrected chi connectivity index (χ4v) is 3.05. The van der Waals surface area contributed by atoms with Crippen molar-refractivity contribution in [3.05, 3.63) is 42.1 Å². The first-order valence-corrected chi connectivity index (χ1v) is 9.12. The van der Waals surface area contributed by atoms with Crippen LogP contribution in [0.15, 0.2) is 35.5 Å². The summed E-state index contributed by atoms with van der Waals surface area (Å²) in [4.78, 5) is 11.3. The van der Waals surface area contributed by atoms with Gasteiger partial charge in [0.05, 0.1) is 10.6 Å². The van der Waals surface area contributed by atoms with Gasteiger partial charge < -0.3 is 0 Å². The van der Waals surface area contributed by atoms with Crippen LogP contribution in [-0.4, -0.2) is 34.2 Å². The topological polar surface area (TPSA) is 77.7 Å². The fourth-order valence-electron chi connectivity index (χ4n) is 2.38. The summed E-state index contributed by atoms with van der Waals surface area (Å²) < 4.78 is 63.9. The smallest absolute Gasteiger partial charge is 0.283 e. The molecule has 0 unspecified atom stereocenters. The Morgan fingerprint density at radius 1 is 1.20 bits per heavy atom. The number of aryl methyl sites for hydroxylation is 1. The molecule has 0 aliphatic carbocycles. The van der Waals surface area contributed by atoms with Gasteiger partial charge in [0.25, 0.3) is 0 Å². The molecule has 0 N–H and O–H groups in total. The Morgan fingerprint density at radius 3 is 2.52 bits per heavy atom. The highest BCUT2D eigenvalue weighted by Crippen LogP contribution is 2.29. The van der Waals surface area contributed by atoms with Gasteiger partial charge in [-0.25, -0.2) is 23.4 Å². The zero-order valence-corrected chi connectivity index (χ0v) is 14.1. The van der Waals surface area contributed by atoms with Crippen LogP contribution in [0.4, 0.5) is 13.2 Å². The lowest BCUT2D eigenvalue weighted by Crippen LogP contribution is -2.13. The van der Waals surface area contributed by atoms with Gasteiger partial charge in [-0.2, -0.15) is 13.2 Å². The number of sulfone groups is 1. The van der Waals surface area contributed by atoms with Crippen LogP contribution in [-0.2, 0) is 22.4 Å². The Hall–Kier alpha value is -2.49. The van der Waals surface area contributed by atoms with Crippen LogP contribution in [0.25, 0.3) is 16.9 Å². The zero-order chi connectivity index (χ0) is 18.4. The maximum atomic E-state index is 13.1. The molecular weight excluding hydrogens is 357 g/mol. The van der Waals surface area contributed by atoms with Crippen LogP contribution in [0.5, 0.6) is 0 Å². The van der Waals surface area contributed by atoms with Gasteiger partial charge >= 0.3 is 6.18 Å². The molecule has 3 aromatic rings. The minimum Gasteiger partial charge on any atom is -0.283 e. The predicted molar refractivity (Wildman–Crippen MR) is 84.1 cm³/mol. The number of nitrogens with zero attached hydrogens (tertiary/aromatic N) is 4. The van der Waals surface area contributed by atoms with E-state index in [-0.39, 0.29) is 28.2 Å². The van der Waals surface area contributed by atoms with Gasteiger partial charge in [0, 0.05) is 11.9 Å². The third-order valence-electron chi connectivity index (χ3n) is 3.58. The maximum Gasteiger partial charge on any atom is 0.451 e. The molecule has 0 saturated carbocycles. The molecule has 132 valence electrons. The van der Waals surface area contributed by atoms with Crippen molar-refractivity contribution in [1.82, 2.24) is 19.5 Å². The summed E-state index contributed by atoms with van der Waals surface area (Å²) in [7, 11) is -3.46. The third-order valence-corrected chi connectivity index (χ3v) is 4.69. The van der Waals surface area contributed by atoms with E-state index in [2.05, 4.69) is 15.0 Å². The van der Waals surface area contributed by atoms with Gasteiger partial charge in [-0.3, -0.25) is 4.57 Å². The molecule has 25 heavy (non-hydrogen) atoms. The highest BCUT2D eigenvalue weighted by Gasteiger charge is 2.36. The second-order valence-electron chi connectivity index (χ2n) is 5.40. The molecule has 1 aromatic carbocycles. The molecule has 0 amide bonds. The average molecular weight is 370 g/mol. The van der Waals surface area contributed by atoms with Gasteiger partial charge in [0.15, 0.2) is 15.5 Å². The summed E-state index contributed by atoms with van der Waals surface area (Å²) in [6.45, 7) is 1.67. The van der Waals surface area contributed by atoms with Gasteiger partial charge in [0.1, 0.15) is 11.8 Å². The second kappa shape index (κ2) is 5.80. The summed E-state index contributed by atoms with van der Waals surface area (Å²) in [5.41, 5.74) is 0.750. The largest absolute Gasteiger partial charge is 0.451 e. The molecule has 0 spiro atoms. The molecule has 0 fully saturated rings. The van der Waals surface area contributed by atoms with E-state index in [4.69, 9.17) is 0 Å². The van der Waals surface area contributed by atoms with Gasteiger partial charge in [-0.05, 0) is 24.6 Å². The molecule has 6 nitrogen and oxygen atoms in total. The van der Waals surface area contributed by atoms with Gasteiger partial charge in [-0.15, -0.1) is 0 Å². The van der Waals surface area contributed by atoms with Gasteiger partial charge in [-0.1, -0.05) is 13.0 Å². The van der Waals surface area contributed by atoms with Crippen LogP contribution in [0, 0.1) is 0 Å². The second-order valence-corrected chi connectivity index (χ2v) is 7.42. The average Bonchev–Trinajstić information content (AvgIpc) is 2.96. The number of aromatic nitrogens is 4. The summed E-state index contributed by atoms with van der Waals surface area (Å²) in [6.07, 6.45) is -2.08. The number of fused-ring (bicyclic) bond motifs is 1. The molecule has 0 saturated heterocycles. The van der Waals surface area contributed by atoms with E-state index in [1.807, 2.05) is 0 Å². The summed E-state index contributed by atoms with van der Waals surface area (Å²) in [5.74, 6) is -1.25. The molecule has 0 radical (unpaired) electrons. The zero-order valence-electron chi connectivity index (χ0n) is 13.2. The van der Waals surface area contributed by atoms with Crippen LogP contribution >= 0.6 is 0 Å². The number of alkyl halides is 3. The summed E-state index contributed by atoms with van der Waals surface area (Å²) in [6, 6.07) is 5.84. The van der Waals surface area contributed by atoms with E-state index in [9.17, 15) is 21.6 Å². The van der Waals surface area contributed by atoms with Crippen molar-refractivity contribution in [2.75, 3.05) is 6.26 Å². The van der Waals surface area contributed by atoms with E-state index in [0.717, 1.165) is 6.26 Å². The Balaban J connectivity index is 2.28. The fraction of sp³-hybridized carbons (Fsp3) is 0.267. The van der Waals surface area contributed by atoms with E-state index in [0.29, 0.717) is 5.69 Å². The third kappa shape index (κ3) is 3.21. The van der Waals surface area contributed by atoms with Gasteiger partial charge in [0.2, 0.25) is 5.82 Å². The van der Waals surface area contributed by atoms with Crippen molar-refractivity contribution in [1.29, 1.82) is 0 Å². The van der Waals surface area contributed by atoms with Crippen molar-refractivity contribution in [2.45, 2.75) is 24.4 Å². The van der Waals surface area contributed by atoms with Crippen LogP contribution < -0.4 is 0 Å². The van der Waals surface area contributed by atoms with Crippen molar-refractivity contribution in [3.63, 3.8) is 0 Å². The molecule has 3 rings (SSSR count). The monoisotopic (exact) mass is 370 g/mol. The van der Waals surface area contributed by atoms with Crippen LogP contribution in [0.1, 0.15) is 18.4 Å². The number of benzene rings is 1. The number of halogens is 3. The highest BCUT2D eigenvalue weighted by molar-refractivity contribution is 7.90. The number of imidazole rings is 1. The molecule has 0 aliphatic heterocycles. The summed E-state index contributed by atoms with van der Waals surface area (Å²) in [5, 5.41) is 0. The molecule has 0 aliphatic rings. The Labute approximate surface area is 141 Å². The van der Waals surface area contributed by atoms with E-state index < -0.39 is 21.8 Å². The lowest BCUT2D eigenvalue weighted by molar-refractivity contribution is -0.144. The maximum absolute atomic E-state index is 13.1. The highest BCUT2D eigenvalue weighted by atomic mass is 32.2. The van der Waals surface area contributed by atoms with Crippen molar-refractivity contribution >= 4 is 21.0 Å². The van der Waals surface area contributed by atoms with E-state index >= 15 is 0 Å². The number of hydrogen-bond acceptors (Lipinski definition) is 5. The Kier molecular flexibility index (Phi) is 4.02. The lowest BCUT2D eigenvalue weighted by Gasteiger charge is -2.09. The molecule has 0 atom stereocenters. The normalized spacial score (nSPS) is 12.7. The first-order valence-electron chi connectivity index (χ1n) is 7.23. The molecular formula is C15H13F3N4O2S. The summed E-state index contributed by atoms with van der Waals surface area (Å²) >= 11 is 0. The first-order chi connectivity index (χ1) is 11.6. The van der Waals surface area contributed by atoms with Crippen molar-refractivity contribution in [3.8, 4) is 5.69 Å². The number of hydrogen-bond donors (Lipinski definition) is 0.